The molecule has 0 spiro atoms. The van der Waals surface area contributed by atoms with Crippen LogP contribution in [0.3, 0.4) is 0 Å². The van der Waals surface area contributed by atoms with Gasteiger partial charge in [-0.2, -0.15) is 0 Å². The van der Waals surface area contributed by atoms with Crippen molar-refractivity contribution >= 4 is 28.1 Å². The molecule has 0 saturated heterocycles. The third kappa shape index (κ3) is 2.41. The third-order valence-electron chi connectivity index (χ3n) is 3.48. The molecule has 0 aliphatic heterocycles. The first-order chi connectivity index (χ1) is 9.56. The lowest BCUT2D eigenvalue weighted by atomic mass is 10.2. The summed E-state index contributed by atoms with van der Waals surface area (Å²) in [4.78, 5) is 18.2. The Bertz CT molecular complexity index is 662. The molecule has 0 amide bonds. The molecule has 1 fully saturated rings. The highest BCUT2D eigenvalue weighted by Crippen LogP contribution is 2.44. The van der Waals surface area contributed by atoms with Gasteiger partial charge in [0.05, 0.1) is 5.69 Å². The zero-order chi connectivity index (χ0) is 14.3. The number of anilines is 2. The first-order valence-corrected chi connectivity index (χ1v) is 7.42. The van der Waals surface area contributed by atoms with Gasteiger partial charge in [0, 0.05) is 18.7 Å². The van der Waals surface area contributed by atoms with Gasteiger partial charge in [-0.15, -0.1) is 0 Å². The molecule has 5 heteroatoms. The van der Waals surface area contributed by atoms with Crippen LogP contribution >= 0.6 is 11.3 Å². The molecule has 1 heterocycles. The number of aromatic nitrogens is 1. The van der Waals surface area contributed by atoms with Crippen molar-refractivity contribution in [2.75, 3.05) is 11.9 Å². The molecule has 0 bridgehead atoms. The molecule has 20 heavy (non-hydrogen) atoms. The van der Waals surface area contributed by atoms with Gasteiger partial charge in [0.25, 0.3) is 0 Å². The van der Waals surface area contributed by atoms with E-state index in [-0.39, 0.29) is 0 Å². The Balaban J connectivity index is 1.97. The van der Waals surface area contributed by atoms with Crippen LogP contribution in [0, 0.1) is 6.92 Å². The van der Waals surface area contributed by atoms with Crippen molar-refractivity contribution in [1.82, 2.24) is 4.98 Å². The maximum Gasteiger partial charge on any atom is 0.347 e. The lowest BCUT2D eigenvalue weighted by Crippen LogP contribution is -2.09. The van der Waals surface area contributed by atoms with Gasteiger partial charge >= 0.3 is 5.97 Å². The van der Waals surface area contributed by atoms with E-state index in [4.69, 9.17) is 0 Å². The molecule has 1 aliphatic carbocycles. The predicted molar refractivity (Wildman–Crippen MR) is 80.3 cm³/mol. The van der Waals surface area contributed by atoms with E-state index in [9.17, 15) is 9.90 Å². The highest BCUT2D eigenvalue weighted by molar-refractivity contribution is 7.17. The van der Waals surface area contributed by atoms with Crippen molar-refractivity contribution in [3.63, 3.8) is 0 Å². The quantitative estimate of drug-likeness (QED) is 0.930. The van der Waals surface area contributed by atoms with Gasteiger partial charge in [0.15, 0.2) is 5.13 Å². The molecule has 1 aromatic carbocycles. The normalized spacial score (nSPS) is 14.3. The van der Waals surface area contributed by atoms with Crippen molar-refractivity contribution in [2.24, 2.45) is 0 Å². The van der Waals surface area contributed by atoms with Crippen LogP contribution in [0.5, 0.6) is 0 Å². The fraction of sp³-hybridized carbons (Fsp3) is 0.333. The van der Waals surface area contributed by atoms with Gasteiger partial charge in [0.1, 0.15) is 4.88 Å². The minimum Gasteiger partial charge on any atom is -0.477 e. The van der Waals surface area contributed by atoms with Crippen LogP contribution in [0.25, 0.3) is 0 Å². The zero-order valence-corrected chi connectivity index (χ0v) is 12.3. The Morgan fingerprint density at radius 1 is 1.45 bits per heavy atom. The number of nitrogens with zero attached hydrogens (tertiary/aromatic N) is 2. The second-order valence-electron chi connectivity index (χ2n) is 5.19. The maximum atomic E-state index is 11.3. The first-order valence-electron chi connectivity index (χ1n) is 6.60. The molecule has 1 aliphatic rings. The Hall–Kier alpha value is -1.88. The Kier molecular flexibility index (Phi) is 3.22. The van der Waals surface area contributed by atoms with Gasteiger partial charge in [-0.25, -0.2) is 9.78 Å². The van der Waals surface area contributed by atoms with E-state index in [1.54, 1.807) is 0 Å². The monoisotopic (exact) mass is 288 g/mol. The van der Waals surface area contributed by atoms with Crippen LogP contribution in [0.15, 0.2) is 24.3 Å². The van der Waals surface area contributed by atoms with E-state index >= 15 is 0 Å². The Morgan fingerprint density at radius 3 is 2.80 bits per heavy atom. The van der Waals surface area contributed by atoms with Crippen LogP contribution < -0.4 is 4.90 Å². The average molecular weight is 288 g/mol. The van der Waals surface area contributed by atoms with Gasteiger partial charge in [-0.05, 0) is 37.5 Å². The molecule has 1 saturated carbocycles. The van der Waals surface area contributed by atoms with Crippen LogP contribution in [0.1, 0.15) is 39.7 Å². The fourth-order valence-electron chi connectivity index (χ4n) is 2.20. The first kappa shape index (κ1) is 13.1. The van der Waals surface area contributed by atoms with Crippen molar-refractivity contribution in [3.05, 3.63) is 40.4 Å². The Morgan fingerprint density at radius 2 is 2.20 bits per heavy atom. The number of aryl methyl sites for hydroxylation is 1. The number of hydrogen-bond acceptors (Lipinski definition) is 4. The van der Waals surface area contributed by atoms with Crippen LogP contribution in [0.4, 0.5) is 10.8 Å². The van der Waals surface area contributed by atoms with E-state index in [0.29, 0.717) is 10.8 Å². The summed E-state index contributed by atoms with van der Waals surface area (Å²) in [5.41, 5.74) is 2.96. The van der Waals surface area contributed by atoms with Crippen molar-refractivity contribution in [1.29, 1.82) is 0 Å². The molecule has 2 aromatic rings. The smallest absolute Gasteiger partial charge is 0.347 e. The molecular weight excluding hydrogens is 272 g/mol. The largest absolute Gasteiger partial charge is 0.477 e. The highest BCUT2D eigenvalue weighted by atomic mass is 32.1. The van der Waals surface area contributed by atoms with Gasteiger partial charge in [-0.3, -0.25) is 0 Å². The summed E-state index contributed by atoms with van der Waals surface area (Å²) in [6.07, 6.45) is 2.11. The summed E-state index contributed by atoms with van der Waals surface area (Å²) >= 11 is 1.26. The molecule has 0 atom stereocenters. The number of hydrogen-bond donors (Lipinski definition) is 1. The van der Waals surface area contributed by atoms with Crippen molar-refractivity contribution < 1.29 is 9.90 Å². The van der Waals surface area contributed by atoms with Crippen molar-refractivity contribution in [3.8, 4) is 0 Å². The second kappa shape index (κ2) is 4.90. The summed E-state index contributed by atoms with van der Waals surface area (Å²) < 4.78 is 0. The van der Waals surface area contributed by atoms with E-state index < -0.39 is 5.97 Å². The van der Waals surface area contributed by atoms with Crippen molar-refractivity contribution in [2.45, 2.75) is 25.7 Å². The number of rotatable bonds is 4. The maximum absolute atomic E-state index is 11.3. The van der Waals surface area contributed by atoms with Gasteiger partial charge in [-0.1, -0.05) is 23.5 Å². The number of aromatic carboxylic acids is 1. The summed E-state index contributed by atoms with van der Waals surface area (Å²) in [6.45, 7) is 2.04. The third-order valence-corrected chi connectivity index (χ3v) is 4.61. The topological polar surface area (TPSA) is 53.4 Å². The van der Waals surface area contributed by atoms with Crippen LogP contribution in [-0.4, -0.2) is 23.1 Å². The SMILES string of the molecule is Cc1cccc(N(C)c2nc(C3CC3)c(C(=O)O)s2)c1. The standard InChI is InChI=1S/C15H16N2O2S/c1-9-4-3-5-11(8-9)17(2)15-16-12(10-6-7-10)13(20-15)14(18)19/h3-5,8,10H,6-7H2,1-2H3,(H,18,19). The van der Waals surface area contributed by atoms with Crippen LogP contribution in [-0.2, 0) is 0 Å². The minimum absolute atomic E-state index is 0.344. The summed E-state index contributed by atoms with van der Waals surface area (Å²) in [6, 6.07) is 8.11. The predicted octanol–water partition coefficient (Wildman–Crippen LogP) is 3.80. The molecule has 104 valence electrons. The summed E-state index contributed by atoms with van der Waals surface area (Å²) in [5, 5.41) is 10.0. The number of thiazole rings is 1. The lowest BCUT2D eigenvalue weighted by molar-refractivity contribution is 0.0700. The number of carboxylic acid groups (broad SMARTS) is 1. The average Bonchev–Trinajstić information content (AvgIpc) is 3.16. The minimum atomic E-state index is -0.867. The second-order valence-corrected chi connectivity index (χ2v) is 6.17. The molecule has 3 rings (SSSR count). The zero-order valence-electron chi connectivity index (χ0n) is 11.5. The summed E-state index contributed by atoms with van der Waals surface area (Å²) in [5.74, 6) is -0.523. The van der Waals surface area contributed by atoms with Crippen LogP contribution in [0.2, 0.25) is 0 Å². The number of carbonyl (C=O) groups is 1. The fourth-order valence-corrected chi connectivity index (χ4v) is 3.17. The van der Waals surface area contributed by atoms with Gasteiger partial charge < -0.3 is 10.0 Å². The van der Waals surface area contributed by atoms with E-state index in [0.717, 1.165) is 29.4 Å². The summed E-state index contributed by atoms with van der Waals surface area (Å²) in [7, 11) is 1.93. The Labute approximate surface area is 121 Å². The van der Waals surface area contributed by atoms with Gasteiger partial charge in [0.2, 0.25) is 0 Å². The highest BCUT2D eigenvalue weighted by Gasteiger charge is 2.32. The number of carboxylic acids is 1. The molecule has 4 nitrogen and oxygen atoms in total. The molecule has 1 aromatic heterocycles. The number of benzene rings is 1. The molecule has 0 unspecified atom stereocenters. The lowest BCUT2D eigenvalue weighted by Gasteiger charge is -2.16. The molecular formula is C15H16N2O2S. The van der Waals surface area contributed by atoms with E-state index in [2.05, 4.69) is 11.1 Å². The molecule has 1 N–H and O–H groups in total. The van der Waals surface area contributed by atoms with E-state index in [1.807, 2.05) is 37.1 Å². The molecule has 0 radical (unpaired) electrons. The van der Waals surface area contributed by atoms with E-state index in [1.165, 1.54) is 16.9 Å².